The van der Waals surface area contributed by atoms with Crippen molar-refractivity contribution >= 4 is 40.4 Å². The van der Waals surface area contributed by atoms with Gasteiger partial charge in [0.1, 0.15) is 5.82 Å². The SMILES string of the molecule is Cc1cccc(Cl)c1-c1c(-c2cccc(C3CC3C(=O)O)c2)n(Sc2ccc(C(F)F)cc2)c2ccc(F)cc12. The van der Waals surface area contributed by atoms with Crippen LogP contribution in [0.2, 0.25) is 5.02 Å². The molecule has 0 bridgehead atoms. The number of alkyl halides is 2. The van der Waals surface area contributed by atoms with E-state index in [9.17, 15) is 23.1 Å². The number of carboxylic acid groups (broad SMARTS) is 1. The van der Waals surface area contributed by atoms with Crippen LogP contribution in [-0.4, -0.2) is 15.0 Å². The van der Waals surface area contributed by atoms with Crippen molar-refractivity contribution in [2.24, 2.45) is 5.92 Å². The van der Waals surface area contributed by atoms with Crippen molar-refractivity contribution < 1.29 is 23.1 Å². The number of aliphatic carboxylic acids is 1. The quantitative estimate of drug-likeness (QED) is 0.209. The van der Waals surface area contributed by atoms with Crippen LogP contribution in [0.15, 0.2) is 89.8 Å². The second kappa shape index (κ2) is 10.4. The van der Waals surface area contributed by atoms with Crippen molar-refractivity contribution in [1.82, 2.24) is 3.97 Å². The summed E-state index contributed by atoms with van der Waals surface area (Å²) in [7, 11) is 0. The molecule has 40 heavy (non-hydrogen) atoms. The number of rotatable bonds is 7. The van der Waals surface area contributed by atoms with Gasteiger partial charge in [-0.15, -0.1) is 0 Å². The maximum absolute atomic E-state index is 14.7. The van der Waals surface area contributed by atoms with Crippen LogP contribution in [0.4, 0.5) is 13.2 Å². The number of aryl methyl sites for hydroxylation is 1. The van der Waals surface area contributed by atoms with E-state index in [2.05, 4.69) is 0 Å². The van der Waals surface area contributed by atoms with Crippen molar-refractivity contribution in [3.05, 3.63) is 112 Å². The third-order valence-corrected chi connectivity index (χ3v) is 8.74. The Balaban J connectivity index is 1.62. The fourth-order valence-corrected chi connectivity index (χ4v) is 6.66. The lowest BCUT2D eigenvalue weighted by Crippen LogP contribution is -1.99. The lowest BCUT2D eigenvalue weighted by Gasteiger charge is -2.15. The van der Waals surface area contributed by atoms with Gasteiger partial charge in [-0.3, -0.25) is 8.77 Å². The predicted octanol–water partition coefficient (Wildman–Crippen LogP) is 9.76. The summed E-state index contributed by atoms with van der Waals surface area (Å²) in [4.78, 5) is 12.3. The van der Waals surface area contributed by atoms with Crippen LogP contribution in [0.1, 0.15) is 35.5 Å². The van der Waals surface area contributed by atoms with Crippen LogP contribution in [-0.2, 0) is 4.79 Å². The van der Waals surface area contributed by atoms with E-state index in [4.69, 9.17) is 11.6 Å². The van der Waals surface area contributed by atoms with Gasteiger partial charge < -0.3 is 5.11 Å². The minimum Gasteiger partial charge on any atom is -0.481 e. The van der Waals surface area contributed by atoms with Gasteiger partial charge in [0.15, 0.2) is 0 Å². The van der Waals surface area contributed by atoms with Crippen LogP contribution in [0.5, 0.6) is 0 Å². The molecule has 1 fully saturated rings. The molecule has 0 aliphatic heterocycles. The number of hydrogen-bond donors (Lipinski definition) is 1. The average molecular weight is 578 g/mol. The number of carboxylic acids is 1. The number of halogens is 4. The maximum atomic E-state index is 14.7. The first-order valence-corrected chi connectivity index (χ1v) is 13.9. The van der Waals surface area contributed by atoms with E-state index in [1.54, 1.807) is 24.3 Å². The van der Waals surface area contributed by atoms with Gasteiger partial charge in [0.05, 0.1) is 17.1 Å². The zero-order valence-corrected chi connectivity index (χ0v) is 22.8. The molecule has 1 saturated carbocycles. The van der Waals surface area contributed by atoms with E-state index in [1.165, 1.54) is 36.2 Å². The molecule has 0 radical (unpaired) electrons. The topological polar surface area (TPSA) is 42.2 Å². The summed E-state index contributed by atoms with van der Waals surface area (Å²) in [6.45, 7) is 1.95. The Morgan fingerprint density at radius 3 is 2.42 bits per heavy atom. The first-order chi connectivity index (χ1) is 19.2. The van der Waals surface area contributed by atoms with Gasteiger partial charge in [-0.05, 0) is 84.8 Å². The molecule has 8 heteroatoms. The van der Waals surface area contributed by atoms with Gasteiger partial charge >= 0.3 is 5.97 Å². The smallest absolute Gasteiger partial charge is 0.307 e. The summed E-state index contributed by atoms with van der Waals surface area (Å²) in [5, 5.41) is 10.7. The third-order valence-electron chi connectivity index (χ3n) is 7.38. The summed E-state index contributed by atoms with van der Waals surface area (Å²) in [5.41, 5.74) is 5.58. The van der Waals surface area contributed by atoms with Crippen molar-refractivity contribution in [3.8, 4) is 22.4 Å². The zero-order chi connectivity index (χ0) is 28.1. The standard InChI is InChI=1S/C32H23ClF3NO2S/c1-17-4-2-7-26(33)28(17)29-25-15-21(34)10-13-27(25)37(40-22-11-8-18(9-12-22)31(35)36)30(29)20-6-3-5-19(14-20)23-16-24(23)32(38)39/h2-15,23-24,31H,16H2,1H3,(H,38,39). The first-order valence-electron chi connectivity index (χ1n) is 12.7. The van der Waals surface area contributed by atoms with Crippen molar-refractivity contribution in [2.45, 2.75) is 30.6 Å². The second-order valence-corrected chi connectivity index (χ2v) is 11.4. The Morgan fingerprint density at radius 1 is 1.00 bits per heavy atom. The highest BCUT2D eigenvalue weighted by atomic mass is 35.5. The second-order valence-electron chi connectivity index (χ2n) is 9.98. The van der Waals surface area contributed by atoms with Crippen LogP contribution in [0.25, 0.3) is 33.3 Å². The van der Waals surface area contributed by atoms with Crippen LogP contribution in [0, 0.1) is 18.7 Å². The largest absolute Gasteiger partial charge is 0.481 e. The van der Waals surface area contributed by atoms with Gasteiger partial charge in [-0.1, -0.05) is 54.1 Å². The zero-order valence-electron chi connectivity index (χ0n) is 21.2. The lowest BCUT2D eigenvalue weighted by molar-refractivity contribution is -0.138. The van der Waals surface area contributed by atoms with Crippen LogP contribution < -0.4 is 0 Å². The van der Waals surface area contributed by atoms with E-state index in [1.807, 2.05) is 47.3 Å². The summed E-state index contributed by atoms with van der Waals surface area (Å²) >= 11 is 8.12. The molecular formula is C32H23ClF3NO2S. The highest BCUT2D eigenvalue weighted by Crippen LogP contribution is 2.51. The molecule has 0 spiro atoms. The number of aromatic nitrogens is 1. The fraction of sp³-hybridized carbons (Fsp3) is 0.156. The normalized spacial score (nSPS) is 16.6. The Bertz CT molecular complexity index is 1750. The number of fused-ring (bicyclic) bond motifs is 1. The predicted molar refractivity (Wildman–Crippen MR) is 154 cm³/mol. The molecule has 2 unspecified atom stereocenters. The van der Waals surface area contributed by atoms with Crippen molar-refractivity contribution in [2.75, 3.05) is 0 Å². The van der Waals surface area contributed by atoms with Crippen LogP contribution >= 0.6 is 23.5 Å². The van der Waals surface area contributed by atoms with E-state index in [-0.39, 0.29) is 11.5 Å². The molecule has 0 saturated heterocycles. The maximum Gasteiger partial charge on any atom is 0.307 e. The Morgan fingerprint density at radius 2 is 1.75 bits per heavy atom. The highest BCUT2D eigenvalue weighted by Gasteiger charge is 2.44. The van der Waals surface area contributed by atoms with Gasteiger partial charge in [0.2, 0.25) is 0 Å². The molecule has 1 aliphatic rings. The van der Waals surface area contributed by atoms with E-state index in [0.29, 0.717) is 16.8 Å². The molecule has 1 N–H and O–H groups in total. The van der Waals surface area contributed by atoms with Crippen molar-refractivity contribution in [3.63, 3.8) is 0 Å². The number of benzene rings is 4. The molecule has 1 aromatic heterocycles. The summed E-state index contributed by atoms with van der Waals surface area (Å²) in [6, 6.07) is 24.0. The minimum absolute atomic E-state index is 0.0680. The minimum atomic E-state index is -2.57. The number of nitrogens with zero attached hydrogens (tertiary/aromatic N) is 1. The van der Waals surface area contributed by atoms with Gasteiger partial charge in [0.25, 0.3) is 6.43 Å². The molecule has 1 heterocycles. The molecule has 2 atom stereocenters. The van der Waals surface area contributed by atoms with Crippen molar-refractivity contribution in [1.29, 1.82) is 0 Å². The van der Waals surface area contributed by atoms with E-state index >= 15 is 0 Å². The monoisotopic (exact) mass is 577 g/mol. The highest BCUT2D eigenvalue weighted by molar-refractivity contribution is 7.98. The summed E-state index contributed by atoms with van der Waals surface area (Å²) in [5.74, 6) is -1.70. The lowest BCUT2D eigenvalue weighted by atomic mass is 9.94. The molecule has 202 valence electrons. The summed E-state index contributed by atoms with van der Waals surface area (Å²) in [6.07, 6.45) is -1.99. The first kappa shape index (κ1) is 26.5. The Labute approximate surface area is 238 Å². The van der Waals surface area contributed by atoms with Gasteiger partial charge in [-0.25, -0.2) is 13.2 Å². The molecule has 6 rings (SSSR count). The van der Waals surface area contributed by atoms with E-state index in [0.717, 1.165) is 43.9 Å². The van der Waals surface area contributed by atoms with Gasteiger partial charge in [0, 0.05) is 37.6 Å². The molecule has 3 nitrogen and oxygen atoms in total. The Hall–Kier alpha value is -3.68. The Kier molecular flexibility index (Phi) is 6.88. The van der Waals surface area contributed by atoms with Gasteiger partial charge in [-0.2, -0.15) is 0 Å². The molecule has 4 aromatic carbocycles. The van der Waals surface area contributed by atoms with Crippen LogP contribution in [0.3, 0.4) is 0 Å². The molecule has 5 aromatic rings. The molecular weight excluding hydrogens is 555 g/mol. The number of hydrogen-bond acceptors (Lipinski definition) is 2. The number of carbonyl (C=O) groups is 1. The van der Waals surface area contributed by atoms with E-state index < -0.39 is 24.1 Å². The third kappa shape index (κ3) is 4.78. The summed E-state index contributed by atoms with van der Waals surface area (Å²) < 4.78 is 43.1. The average Bonchev–Trinajstić information content (AvgIpc) is 3.68. The fourth-order valence-electron chi connectivity index (χ4n) is 5.33. The molecule has 0 amide bonds. The molecule has 1 aliphatic carbocycles.